The molecule has 1 unspecified atom stereocenters. The monoisotopic (exact) mass is 200 g/mol. The lowest BCUT2D eigenvalue weighted by Crippen LogP contribution is -2.20. The molecule has 80 valence electrons. The van der Waals surface area contributed by atoms with Gasteiger partial charge in [0.25, 0.3) is 0 Å². The van der Waals surface area contributed by atoms with Gasteiger partial charge in [-0.1, -0.05) is 0 Å². The second-order valence-electron chi connectivity index (χ2n) is 3.48. The molecule has 0 spiro atoms. The van der Waals surface area contributed by atoms with Crippen molar-refractivity contribution in [3.05, 3.63) is 12.2 Å². The topological polar surface area (TPSA) is 44.8 Å². The quantitative estimate of drug-likeness (QED) is 0.508. The molecule has 1 aliphatic rings. The molecule has 4 nitrogen and oxygen atoms in total. The molecule has 1 heterocycles. The molecule has 0 aliphatic carbocycles. The van der Waals surface area contributed by atoms with Gasteiger partial charge in [-0.3, -0.25) is 0 Å². The molecular weight excluding hydrogens is 184 g/mol. The van der Waals surface area contributed by atoms with Gasteiger partial charge in [0.05, 0.1) is 13.2 Å². The second kappa shape index (κ2) is 4.57. The van der Waals surface area contributed by atoms with Gasteiger partial charge in [0.15, 0.2) is 5.79 Å². The molecular formula is C10H16O4. The Balaban J connectivity index is 2.35. The third kappa shape index (κ3) is 3.47. The minimum absolute atomic E-state index is 0.158. The molecule has 0 radical (unpaired) electrons. The first-order chi connectivity index (χ1) is 6.53. The lowest BCUT2D eigenvalue weighted by Gasteiger charge is -2.15. The maximum absolute atomic E-state index is 11.0. The van der Waals surface area contributed by atoms with Gasteiger partial charge in [-0.15, -0.1) is 0 Å². The van der Waals surface area contributed by atoms with E-state index < -0.39 is 5.79 Å². The van der Waals surface area contributed by atoms with E-state index in [1.807, 2.05) is 13.8 Å². The first-order valence-electron chi connectivity index (χ1n) is 4.70. The minimum Gasteiger partial charge on any atom is -0.463 e. The van der Waals surface area contributed by atoms with E-state index >= 15 is 0 Å². The van der Waals surface area contributed by atoms with E-state index in [1.54, 1.807) is 13.0 Å². The summed E-state index contributed by atoms with van der Waals surface area (Å²) in [4.78, 5) is 11.0. The third-order valence-corrected chi connectivity index (χ3v) is 1.76. The molecule has 1 aliphatic heterocycles. The largest absolute Gasteiger partial charge is 0.463 e. The van der Waals surface area contributed by atoms with Gasteiger partial charge < -0.3 is 14.2 Å². The van der Waals surface area contributed by atoms with Gasteiger partial charge in [0.1, 0.15) is 6.10 Å². The summed E-state index contributed by atoms with van der Waals surface area (Å²) in [5, 5.41) is 0. The van der Waals surface area contributed by atoms with Crippen LogP contribution in [0.2, 0.25) is 0 Å². The Labute approximate surface area is 83.8 Å². The molecule has 0 bridgehead atoms. The Morgan fingerprint density at radius 2 is 2.36 bits per heavy atom. The van der Waals surface area contributed by atoms with E-state index in [1.165, 1.54) is 6.08 Å². The van der Waals surface area contributed by atoms with Crippen LogP contribution >= 0.6 is 0 Å². The summed E-state index contributed by atoms with van der Waals surface area (Å²) in [7, 11) is 0. The molecule has 4 heteroatoms. The van der Waals surface area contributed by atoms with Crippen LogP contribution in [0.5, 0.6) is 0 Å². The van der Waals surface area contributed by atoms with E-state index in [0.717, 1.165) is 0 Å². The van der Waals surface area contributed by atoms with Crippen molar-refractivity contribution < 1.29 is 19.0 Å². The van der Waals surface area contributed by atoms with E-state index in [9.17, 15) is 4.79 Å². The number of hydrogen-bond acceptors (Lipinski definition) is 4. The van der Waals surface area contributed by atoms with Crippen LogP contribution in [0.3, 0.4) is 0 Å². The Bertz CT molecular complexity index is 232. The normalized spacial score (nSPS) is 25.5. The Morgan fingerprint density at radius 3 is 2.86 bits per heavy atom. The zero-order valence-corrected chi connectivity index (χ0v) is 8.78. The van der Waals surface area contributed by atoms with Gasteiger partial charge in [-0.25, -0.2) is 4.79 Å². The van der Waals surface area contributed by atoms with Gasteiger partial charge in [0.2, 0.25) is 0 Å². The van der Waals surface area contributed by atoms with Crippen molar-refractivity contribution in [2.45, 2.75) is 32.7 Å². The average molecular weight is 200 g/mol. The van der Waals surface area contributed by atoms with Crippen LogP contribution in [0.15, 0.2) is 12.2 Å². The summed E-state index contributed by atoms with van der Waals surface area (Å²) in [6.45, 7) is 6.31. The molecule has 0 aromatic heterocycles. The van der Waals surface area contributed by atoms with E-state index in [-0.39, 0.29) is 12.1 Å². The first kappa shape index (κ1) is 11.2. The lowest BCUT2D eigenvalue weighted by atomic mass is 10.3. The second-order valence-corrected chi connectivity index (χ2v) is 3.48. The highest BCUT2D eigenvalue weighted by Crippen LogP contribution is 2.22. The molecule has 0 N–H and O–H groups in total. The highest BCUT2D eigenvalue weighted by molar-refractivity contribution is 5.81. The summed E-state index contributed by atoms with van der Waals surface area (Å²) >= 11 is 0. The number of carbonyl (C=O) groups excluding carboxylic acids is 1. The SMILES string of the molecule is CCOC(=O)/C=C\C1COC(C)(C)O1. The van der Waals surface area contributed by atoms with Crippen molar-refractivity contribution >= 4 is 5.97 Å². The summed E-state index contributed by atoms with van der Waals surface area (Å²) in [5.74, 6) is -0.898. The lowest BCUT2D eigenvalue weighted by molar-refractivity contribution is -0.138. The third-order valence-electron chi connectivity index (χ3n) is 1.76. The molecule has 0 aromatic rings. The Kier molecular flexibility index (Phi) is 3.66. The van der Waals surface area contributed by atoms with E-state index in [2.05, 4.69) is 0 Å². The molecule has 1 fully saturated rings. The summed E-state index contributed by atoms with van der Waals surface area (Å²) in [6, 6.07) is 0. The van der Waals surface area contributed by atoms with Crippen LogP contribution in [0.4, 0.5) is 0 Å². The maximum Gasteiger partial charge on any atom is 0.330 e. The predicted octanol–water partition coefficient (Wildman–Crippen LogP) is 1.26. The van der Waals surface area contributed by atoms with Crippen LogP contribution in [0, 0.1) is 0 Å². The van der Waals surface area contributed by atoms with Crippen molar-refractivity contribution in [1.82, 2.24) is 0 Å². The van der Waals surface area contributed by atoms with Crippen LogP contribution < -0.4 is 0 Å². The molecule has 0 saturated carbocycles. The zero-order valence-electron chi connectivity index (χ0n) is 8.78. The van der Waals surface area contributed by atoms with Crippen LogP contribution in [0.25, 0.3) is 0 Å². The average Bonchev–Trinajstić information content (AvgIpc) is 2.43. The molecule has 1 saturated heterocycles. The van der Waals surface area contributed by atoms with E-state index in [4.69, 9.17) is 14.2 Å². The summed E-state index contributed by atoms with van der Waals surface area (Å²) in [6.07, 6.45) is 2.88. The van der Waals surface area contributed by atoms with Crippen LogP contribution in [-0.4, -0.2) is 31.1 Å². The standard InChI is InChI=1S/C10H16O4/c1-4-12-9(11)6-5-8-7-13-10(2,3)14-8/h5-6,8H,4,7H2,1-3H3/b6-5-. The number of esters is 1. The molecule has 1 rings (SSSR count). The maximum atomic E-state index is 11.0. The Hall–Kier alpha value is -0.870. The van der Waals surface area contributed by atoms with Gasteiger partial charge in [-0.05, 0) is 26.8 Å². The number of ether oxygens (including phenoxy) is 3. The first-order valence-corrected chi connectivity index (χ1v) is 4.70. The van der Waals surface area contributed by atoms with Crippen LogP contribution in [0.1, 0.15) is 20.8 Å². The van der Waals surface area contributed by atoms with Crippen molar-refractivity contribution in [3.8, 4) is 0 Å². The van der Waals surface area contributed by atoms with Crippen LogP contribution in [-0.2, 0) is 19.0 Å². The number of hydrogen-bond donors (Lipinski definition) is 0. The van der Waals surface area contributed by atoms with Crippen molar-refractivity contribution in [1.29, 1.82) is 0 Å². The van der Waals surface area contributed by atoms with E-state index in [0.29, 0.717) is 13.2 Å². The summed E-state index contributed by atoms with van der Waals surface area (Å²) in [5.41, 5.74) is 0. The van der Waals surface area contributed by atoms with Crippen molar-refractivity contribution in [3.63, 3.8) is 0 Å². The molecule has 0 amide bonds. The van der Waals surface area contributed by atoms with Gasteiger partial charge >= 0.3 is 5.97 Å². The molecule has 0 aromatic carbocycles. The highest BCUT2D eigenvalue weighted by Gasteiger charge is 2.31. The van der Waals surface area contributed by atoms with Crippen molar-refractivity contribution in [2.24, 2.45) is 0 Å². The smallest absolute Gasteiger partial charge is 0.330 e. The van der Waals surface area contributed by atoms with Gasteiger partial charge in [0, 0.05) is 6.08 Å². The van der Waals surface area contributed by atoms with Gasteiger partial charge in [-0.2, -0.15) is 0 Å². The minimum atomic E-state index is -0.552. The summed E-state index contributed by atoms with van der Waals surface area (Å²) < 4.78 is 15.5. The van der Waals surface area contributed by atoms with Crippen molar-refractivity contribution in [2.75, 3.05) is 13.2 Å². The zero-order chi connectivity index (χ0) is 10.6. The molecule has 14 heavy (non-hydrogen) atoms. The number of rotatable bonds is 3. The fourth-order valence-electron chi connectivity index (χ4n) is 1.19. The highest BCUT2D eigenvalue weighted by atomic mass is 16.7. The fraction of sp³-hybridized carbons (Fsp3) is 0.700. The number of carbonyl (C=O) groups is 1. The Morgan fingerprint density at radius 1 is 1.64 bits per heavy atom. The predicted molar refractivity (Wildman–Crippen MR) is 50.7 cm³/mol. The molecule has 1 atom stereocenters. The fourth-order valence-corrected chi connectivity index (χ4v) is 1.19.